The number of methoxy groups -OCH3 is 1. The Morgan fingerprint density at radius 2 is 2.00 bits per heavy atom. The molecule has 0 amide bonds. The Morgan fingerprint density at radius 1 is 1.28 bits per heavy atom. The molecule has 0 bridgehead atoms. The van der Waals surface area contributed by atoms with E-state index in [1.807, 2.05) is 20.8 Å². The maximum Gasteiger partial charge on any atom is 0.387 e. The molecular formula is C20H24F2N4O2S. The van der Waals surface area contributed by atoms with Crippen molar-refractivity contribution < 1.29 is 18.3 Å². The molecule has 0 saturated heterocycles. The molecule has 2 heterocycles. The highest BCUT2D eigenvalue weighted by molar-refractivity contribution is 8.14. The first kappa shape index (κ1) is 21.3. The molecule has 0 spiro atoms. The zero-order valence-electron chi connectivity index (χ0n) is 16.8. The van der Waals surface area contributed by atoms with Gasteiger partial charge in [0.2, 0.25) is 0 Å². The van der Waals surface area contributed by atoms with E-state index in [2.05, 4.69) is 30.9 Å². The van der Waals surface area contributed by atoms with E-state index >= 15 is 0 Å². The van der Waals surface area contributed by atoms with Crippen molar-refractivity contribution in [3.05, 3.63) is 47.3 Å². The molecule has 1 N–H and O–H groups in total. The molecule has 3 rings (SSSR count). The number of rotatable bonds is 7. The lowest BCUT2D eigenvalue weighted by Gasteiger charge is -2.17. The Hall–Kier alpha value is -2.39. The van der Waals surface area contributed by atoms with Gasteiger partial charge >= 0.3 is 6.61 Å². The van der Waals surface area contributed by atoms with Gasteiger partial charge in [-0.2, -0.15) is 13.9 Å². The molecule has 0 saturated carbocycles. The van der Waals surface area contributed by atoms with E-state index in [4.69, 9.17) is 4.74 Å². The summed E-state index contributed by atoms with van der Waals surface area (Å²) in [4.78, 5) is 4.54. The number of halogens is 2. The van der Waals surface area contributed by atoms with Gasteiger partial charge in [-0.05, 0) is 51.1 Å². The van der Waals surface area contributed by atoms with Gasteiger partial charge in [0.1, 0.15) is 5.75 Å². The fraction of sp³-hybridized carbons (Fsp3) is 0.400. The number of thioether (sulfide) groups is 1. The Bertz CT molecular complexity index is 910. The van der Waals surface area contributed by atoms with Gasteiger partial charge in [-0.1, -0.05) is 11.8 Å². The molecule has 9 heteroatoms. The van der Waals surface area contributed by atoms with Crippen LogP contribution >= 0.6 is 11.8 Å². The van der Waals surface area contributed by atoms with E-state index in [0.29, 0.717) is 12.4 Å². The van der Waals surface area contributed by atoms with Gasteiger partial charge in [0.25, 0.3) is 0 Å². The molecule has 0 unspecified atom stereocenters. The van der Waals surface area contributed by atoms with E-state index < -0.39 is 6.61 Å². The summed E-state index contributed by atoms with van der Waals surface area (Å²) in [5.41, 5.74) is 7.93. The van der Waals surface area contributed by atoms with Crippen LogP contribution in [0.4, 0.5) is 8.78 Å². The summed E-state index contributed by atoms with van der Waals surface area (Å²) < 4.78 is 36.3. The molecule has 6 nitrogen and oxygen atoms in total. The van der Waals surface area contributed by atoms with Crippen molar-refractivity contribution in [3.8, 4) is 11.4 Å². The first-order chi connectivity index (χ1) is 13.9. The van der Waals surface area contributed by atoms with Crippen molar-refractivity contribution in [1.82, 2.24) is 9.99 Å². The van der Waals surface area contributed by atoms with Crippen molar-refractivity contribution in [2.75, 3.05) is 19.5 Å². The van der Waals surface area contributed by atoms with E-state index in [1.54, 1.807) is 43.1 Å². The molecule has 0 aliphatic carbocycles. The first-order valence-electron chi connectivity index (χ1n) is 9.15. The fourth-order valence-electron chi connectivity index (χ4n) is 3.23. The van der Waals surface area contributed by atoms with Crippen LogP contribution in [-0.2, 0) is 4.74 Å². The molecule has 1 aliphatic heterocycles. The molecule has 29 heavy (non-hydrogen) atoms. The predicted octanol–water partition coefficient (Wildman–Crippen LogP) is 4.13. The van der Waals surface area contributed by atoms with Crippen molar-refractivity contribution >= 4 is 22.6 Å². The maximum absolute atomic E-state index is 12.4. The third-order valence-corrected chi connectivity index (χ3v) is 5.33. The lowest BCUT2D eigenvalue weighted by Crippen LogP contribution is -2.27. The maximum atomic E-state index is 12.4. The summed E-state index contributed by atoms with van der Waals surface area (Å²) >= 11 is 1.60. The van der Waals surface area contributed by atoms with Gasteiger partial charge in [-0.3, -0.25) is 10.4 Å². The minimum absolute atomic E-state index is 0.0637. The minimum Gasteiger partial charge on any atom is -0.435 e. The molecule has 1 atom stereocenters. The van der Waals surface area contributed by atoms with Gasteiger partial charge in [-0.25, -0.2) is 0 Å². The Labute approximate surface area is 173 Å². The van der Waals surface area contributed by atoms with Crippen LogP contribution in [-0.4, -0.2) is 47.6 Å². The molecule has 0 radical (unpaired) electrons. The van der Waals surface area contributed by atoms with Crippen LogP contribution in [0, 0.1) is 13.8 Å². The summed E-state index contributed by atoms with van der Waals surface area (Å²) in [5, 5.41) is 5.29. The van der Waals surface area contributed by atoms with Crippen molar-refractivity contribution in [2.24, 2.45) is 10.1 Å². The SMILES string of the molecule is COC[C@@H](C)N=C1NN=C(c2cc(C)n(-c3ccc(OC(F)F)cc3)c2C)CS1. The number of alkyl halides is 2. The van der Waals surface area contributed by atoms with Gasteiger partial charge in [0, 0.05) is 35.5 Å². The average Bonchev–Trinajstić information content (AvgIpc) is 2.97. The van der Waals surface area contributed by atoms with Crippen LogP contribution in [0.2, 0.25) is 0 Å². The Kier molecular flexibility index (Phi) is 6.92. The Morgan fingerprint density at radius 3 is 2.59 bits per heavy atom. The first-order valence-corrected chi connectivity index (χ1v) is 10.1. The molecular weight excluding hydrogens is 398 g/mol. The summed E-state index contributed by atoms with van der Waals surface area (Å²) in [6.45, 7) is 3.74. The molecule has 2 aromatic rings. The lowest BCUT2D eigenvalue weighted by atomic mass is 10.1. The second-order valence-electron chi connectivity index (χ2n) is 6.69. The third-order valence-electron chi connectivity index (χ3n) is 4.44. The van der Waals surface area contributed by atoms with Crippen LogP contribution in [0.25, 0.3) is 5.69 Å². The summed E-state index contributed by atoms with van der Waals surface area (Å²) in [5.74, 6) is 0.843. The number of hydrogen-bond donors (Lipinski definition) is 1. The fourth-order valence-corrected chi connectivity index (χ4v) is 4.09. The van der Waals surface area contributed by atoms with Crippen LogP contribution in [0.1, 0.15) is 23.9 Å². The van der Waals surface area contributed by atoms with E-state index in [9.17, 15) is 8.78 Å². The normalized spacial score (nSPS) is 16.7. The van der Waals surface area contributed by atoms with Crippen molar-refractivity contribution in [3.63, 3.8) is 0 Å². The number of aryl methyl sites for hydroxylation is 1. The minimum atomic E-state index is -2.83. The molecule has 156 valence electrons. The lowest BCUT2D eigenvalue weighted by molar-refractivity contribution is -0.0498. The highest BCUT2D eigenvalue weighted by Crippen LogP contribution is 2.25. The van der Waals surface area contributed by atoms with Gasteiger partial charge < -0.3 is 14.0 Å². The zero-order valence-corrected chi connectivity index (χ0v) is 17.6. The van der Waals surface area contributed by atoms with Crippen LogP contribution < -0.4 is 10.2 Å². The number of ether oxygens (including phenoxy) is 2. The van der Waals surface area contributed by atoms with E-state index in [1.165, 1.54) is 0 Å². The second-order valence-corrected chi connectivity index (χ2v) is 7.65. The van der Waals surface area contributed by atoms with Crippen LogP contribution in [0.15, 0.2) is 40.4 Å². The van der Waals surface area contributed by atoms with Crippen LogP contribution in [0.5, 0.6) is 5.75 Å². The number of aromatic nitrogens is 1. The monoisotopic (exact) mass is 422 g/mol. The third kappa shape index (κ3) is 5.16. The Balaban J connectivity index is 1.80. The zero-order chi connectivity index (χ0) is 21.0. The second kappa shape index (κ2) is 9.41. The average molecular weight is 423 g/mol. The van der Waals surface area contributed by atoms with Gasteiger partial charge in [0.05, 0.1) is 18.4 Å². The smallest absolute Gasteiger partial charge is 0.387 e. The number of aliphatic imine (C=N–C) groups is 1. The molecule has 1 aliphatic rings. The molecule has 0 fully saturated rings. The van der Waals surface area contributed by atoms with Crippen LogP contribution in [0.3, 0.4) is 0 Å². The van der Waals surface area contributed by atoms with E-state index in [-0.39, 0.29) is 11.8 Å². The van der Waals surface area contributed by atoms with Gasteiger partial charge in [0.15, 0.2) is 5.17 Å². The van der Waals surface area contributed by atoms with E-state index in [0.717, 1.165) is 33.5 Å². The number of hydrogen-bond acceptors (Lipinski definition) is 5. The predicted molar refractivity (Wildman–Crippen MR) is 113 cm³/mol. The topological polar surface area (TPSA) is 60.1 Å². The standard InChI is InChI=1S/C20H24F2N4O2S/c1-12(10-27-4)23-20-25-24-18(11-29-20)17-9-13(2)26(14(17)3)15-5-7-16(8-6-15)28-19(21)22/h5-9,12,19H,10-11H2,1-4H3,(H,23,25)/t12-/m1/s1. The number of nitrogens with zero attached hydrogens (tertiary/aromatic N) is 3. The number of hydrazone groups is 1. The number of amidine groups is 1. The quantitative estimate of drug-likeness (QED) is 0.729. The number of benzene rings is 1. The summed E-state index contributed by atoms with van der Waals surface area (Å²) in [7, 11) is 1.66. The highest BCUT2D eigenvalue weighted by Gasteiger charge is 2.19. The number of nitrogens with one attached hydrogen (secondary N) is 1. The summed E-state index contributed by atoms with van der Waals surface area (Å²) in [6, 6.07) is 8.75. The van der Waals surface area contributed by atoms with Gasteiger partial charge in [-0.15, -0.1) is 0 Å². The van der Waals surface area contributed by atoms with Crippen molar-refractivity contribution in [2.45, 2.75) is 33.4 Å². The molecule has 1 aromatic carbocycles. The molecule has 1 aromatic heterocycles. The summed E-state index contributed by atoms with van der Waals surface area (Å²) in [6.07, 6.45) is 0. The highest BCUT2D eigenvalue weighted by atomic mass is 32.2. The van der Waals surface area contributed by atoms with Crippen molar-refractivity contribution in [1.29, 1.82) is 0 Å². The largest absolute Gasteiger partial charge is 0.435 e.